The molecule has 1 saturated heterocycles. The van der Waals surface area contributed by atoms with E-state index in [1.54, 1.807) is 0 Å². The first kappa shape index (κ1) is 12.4. The fourth-order valence-corrected chi connectivity index (χ4v) is 1.53. The Kier molecular flexibility index (Phi) is 4.45. The largest absolute Gasteiger partial charge is 0.456 e. The van der Waals surface area contributed by atoms with Crippen molar-refractivity contribution >= 4 is 5.97 Å². The molecular weight excluding hydrogens is 204 g/mol. The molecule has 1 aliphatic heterocycles. The van der Waals surface area contributed by atoms with Crippen LogP contribution in [0, 0.1) is 0 Å². The molecule has 1 N–H and O–H groups in total. The van der Waals surface area contributed by atoms with Crippen molar-refractivity contribution in [3.63, 3.8) is 0 Å². The van der Waals surface area contributed by atoms with Gasteiger partial charge in [0.2, 0.25) is 0 Å². The number of alkyl halides is 2. The van der Waals surface area contributed by atoms with E-state index >= 15 is 0 Å². The first-order valence-electron chi connectivity index (χ1n) is 5.36. The number of esters is 1. The van der Waals surface area contributed by atoms with Crippen molar-refractivity contribution in [2.24, 2.45) is 0 Å². The molecule has 0 aromatic heterocycles. The number of cyclic esters (lactones) is 1. The molecule has 0 spiro atoms. The molecule has 0 aliphatic carbocycles. The lowest BCUT2D eigenvalue weighted by molar-refractivity contribution is -0.158. The number of rotatable bonds is 6. The van der Waals surface area contributed by atoms with Gasteiger partial charge in [-0.05, 0) is 13.0 Å². The Balaban J connectivity index is 2.11. The summed E-state index contributed by atoms with van der Waals surface area (Å²) < 4.78 is 30.0. The number of hydrogen-bond acceptors (Lipinski definition) is 3. The molecule has 1 fully saturated rings. The second kappa shape index (κ2) is 5.39. The monoisotopic (exact) mass is 221 g/mol. The van der Waals surface area contributed by atoms with Crippen molar-refractivity contribution in [1.29, 1.82) is 0 Å². The molecular formula is C10H17F2NO2. The standard InChI is InChI=1S/C10H17F2NO2/c1-2-3-4-5-13-7-8-6-10(11,12)9(14)15-8/h8,13H,2-7H2,1H3. The molecule has 5 heteroatoms. The first-order chi connectivity index (χ1) is 7.06. The van der Waals surface area contributed by atoms with E-state index < -0.39 is 24.4 Å². The van der Waals surface area contributed by atoms with Gasteiger partial charge in [0.15, 0.2) is 0 Å². The quantitative estimate of drug-likeness (QED) is 0.548. The summed E-state index contributed by atoms with van der Waals surface area (Å²) in [6.45, 7) is 3.21. The average molecular weight is 221 g/mol. The van der Waals surface area contributed by atoms with Crippen molar-refractivity contribution in [3.05, 3.63) is 0 Å². The minimum Gasteiger partial charge on any atom is -0.456 e. The van der Waals surface area contributed by atoms with Crippen LogP contribution in [0.5, 0.6) is 0 Å². The second-order valence-electron chi connectivity index (χ2n) is 3.85. The van der Waals surface area contributed by atoms with Crippen LogP contribution in [-0.4, -0.2) is 31.1 Å². The van der Waals surface area contributed by atoms with E-state index in [1.807, 2.05) is 0 Å². The van der Waals surface area contributed by atoms with Gasteiger partial charge in [-0.1, -0.05) is 19.8 Å². The maximum atomic E-state index is 12.7. The van der Waals surface area contributed by atoms with E-state index in [4.69, 9.17) is 0 Å². The molecule has 0 amide bonds. The smallest absolute Gasteiger partial charge is 0.377 e. The number of halogens is 2. The number of unbranched alkanes of at least 4 members (excludes halogenated alkanes) is 2. The van der Waals surface area contributed by atoms with Gasteiger partial charge in [0.25, 0.3) is 0 Å². The number of carbonyl (C=O) groups excluding carboxylic acids is 1. The lowest BCUT2D eigenvalue weighted by atomic mass is 10.2. The Bertz CT molecular complexity index is 221. The minimum absolute atomic E-state index is 0.324. The number of carbonyl (C=O) groups is 1. The molecule has 0 saturated carbocycles. The van der Waals surface area contributed by atoms with Crippen LogP contribution in [-0.2, 0) is 9.53 Å². The van der Waals surface area contributed by atoms with Crippen LogP contribution >= 0.6 is 0 Å². The van der Waals surface area contributed by atoms with Crippen molar-refractivity contribution in [2.45, 2.75) is 44.6 Å². The van der Waals surface area contributed by atoms with E-state index in [0.29, 0.717) is 6.54 Å². The van der Waals surface area contributed by atoms with Gasteiger partial charge >= 0.3 is 11.9 Å². The van der Waals surface area contributed by atoms with Crippen LogP contribution in [0.1, 0.15) is 32.6 Å². The highest BCUT2D eigenvalue weighted by atomic mass is 19.3. The summed E-state index contributed by atoms with van der Waals surface area (Å²) in [5, 5.41) is 3.01. The van der Waals surface area contributed by atoms with Gasteiger partial charge in [-0.25, -0.2) is 4.79 Å². The summed E-state index contributed by atoms with van der Waals surface area (Å²) in [6.07, 6.45) is 2.10. The molecule has 1 rings (SSSR count). The number of ether oxygens (including phenoxy) is 1. The molecule has 88 valence electrons. The summed E-state index contributed by atoms with van der Waals surface area (Å²) in [5.74, 6) is -4.67. The topological polar surface area (TPSA) is 38.3 Å². The van der Waals surface area contributed by atoms with Gasteiger partial charge in [0.1, 0.15) is 6.10 Å². The zero-order valence-electron chi connectivity index (χ0n) is 8.89. The fraction of sp³-hybridized carbons (Fsp3) is 0.900. The summed E-state index contributed by atoms with van der Waals surface area (Å²) in [4.78, 5) is 10.6. The normalized spacial score (nSPS) is 24.2. The molecule has 1 atom stereocenters. The maximum Gasteiger partial charge on any atom is 0.377 e. The van der Waals surface area contributed by atoms with E-state index in [1.165, 1.54) is 0 Å². The molecule has 0 bridgehead atoms. The van der Waals surface area contributed by atoms with Crippen molar-refractivity contribution in [2.75, 3.05) is 13.1 Å². The van der Waals surface area contributed by atoms with Gasteiger partial charge in [-0.15, -0.1) is 0 Å². The van der Waals surface area contributed by atoms with Crippen LogP contribution in [0.15, 0.2) is 0 Å². The van der Waals surface area contributed by atoms with Crippen LogP contribution in [0.25, 0.3) is 0 Å². The summed E-state index contributed by atoms with van der Waals surface area (Å²) in [6, 6.07) is 0. The molecule has 3 nitrogen and oxygen atoms in total. The maximum absolute atomic E-state index is 12.7. The SMILES string of the molecule is CCCCCNCC1CC(F)(F)C(=O)O1. The zero-order chi connectivity index (χ0) is 11.3. The summed E-state index contributed by atoms with van der Waals surface area (Å²) in [5.41, 5.74) is 0. The Hall–Kier alpha value is -0.710. The summed E-state index contributed by atoms with van der Waals surface area (Å²) >= 11 is 0. The third-order valence-corrected chi connectivity index (χ3v) is 2.39. The van der Waals surface area contributed by atoms with Gasteiger partial charge < -0.3 is 10.1 Å². The summed E-state index contributed by atoms with van der Waals surface area (Å²) in [7, 11) is 0. The van der Waals surface area contributed by atoms with Crippen LogP contribution in [0.3, 0.4) is 0 Å². The Morgan fingerprint density at radius 3 is 2.80 bits per heavy atom. The van der Waals surface area contributed by atoms with E-state index in [9.17, 15) is 13.6 Å². The Labute approximate surface area is 88.2 Å². The molecule has 0 radical (unpaired) electrons. The third kappa shape index (κ3) is 3.74. The third-order valence-electron chi connectivity index (χ3n) is 2.39. The van der Waals surface area contributed by atoms with E-state index in [-0.39, 0.29) is 0 Å². The van der Waals surface area contributed by atoms with Crippen LogP contribution < -0.4 is 5.32 Å². The van der Waals surface area contributed by atoms with E-state index in [2.05, 4.69) is 17.0 Å². The van der Waals surface area contributed by atoms with Crippen molar-refractivity contribution in [1.82, 2.24) is 5.32 Å². The average Bonchev–Trinajstić information content (AvgIpc) is 2.40. The van der Waals surface area contributed by atoms with Crippen LogP contribution in [0.4, 0.5) is 8.78 Å². The molecule has 0 aromatic carbocycles. The number of nitrogens with one attached hydrogen (secondary N) is 1. The van der Waals surface area contributed by atoms with Gasteiger partial charge in [0, 0.05) is 6.54 Å². The molecule has 1 heterocycles. The van der Waals surface area contributed by atoms with E-state index in [0.717, 1.165) is 25.8 Å². The van der Waals surface area contributed by atoms with Gasteiger partial charge in [0.05, 0.1) is 6.42 Å². The van der Waals surface area contributed by atoms with Gasteiger partial charge in [-0.3, -0.25) is 0 Å². The van der Waals surface area contributed by atoms with Crippen molar-refractivity contribution < 1.29 is 18.3 Å². The van der Waals surface area contributed by atoms with Gasteiger partial charge in [-0.2, -0.15) is 8.78 Å². The second-order valence-corrected chi connectivity index (χ2v) is 3.85. The van der Waals surface area contributed by atoms with Crippen LogP contribution in [0.2, 0.25) is 0 Å². The minimum atomic E-state index is -3.28. The Morgan fingerprint density at radius 1 is 1.53 bits per heavy atom. The molecule has 0 aromatic rings. The number of hydrogen-bond donors (Lipinski definition) is 1. The highest BCUT2D eigenvalue weighted by Gasteiger charge is 2.50. The lowest BCUT2D eigenvalue weighted by Crippen LogP contribution is -2.27. The fourth-order valence-electron chi connectivity index (χ4n) is 1.53. The zero-order valence-corrected chi connectivity index (χ0v) is 8.89. The predicted molar refractivity (Wildman–Crippen MR) is 51.8 cm³/mol. The molecule has 15 heavy (non-hydrogen) atoms. The molecule has 1 unspecified atom stereocenters. The predicted octanol–water partition coefficient (Wildman–Crippen LogP) is 1.72. The highest BCUT2D eigenvalue weighted by Crippen LogP contribution is 2.30. The first-order valence-corrected chi connectivity index (χ1v) is 5.36. The highest BCUT2D eigenvalue weighted by molar-refractivity contribution is 5.79. The molecule has 1 aliphatic rings. The Morgan fingerprint density at radius 2 is 2.27 bits per heavy atom. The van der Waals surface area contributed by atoms with Crippen molar-refractivity contribution in [3.8, 4) is 0 Å². The lowest BCUT2D eigenvalue weighted by Gasteiger charge is -2.09.